The largest absolute Gasteiger partial charge is 0.493 e. The number of ether oxygens (including phenoxy) is 2. The number of methoxy groups -OCH3 is 1. The van der Waals surface area contributed by atoms with Crippen molar-refractivity contribution >= 4 is 41.3 Å². The van der Waals surface area contributed by atoms with Crippen LogP contribution in [-0.4, -0.2) is 25.2 Å². The molecule has 0 aromatic heterocycles. The molecule has 0 unspecified atom stereocenters. The maximum Gasteiger partial charge on any atom is 0.345 e. The van der Waals surface area contributed by atoms with Gasteiger partial charge in [-0.05, 0) is 48.4 Å². The Hall–Kier alpha value is -2.57. The monoisotopic (exact) mass is 520 g/mol. The Kier molecular flexibility index (Phi) is 13.2. The van der Waals surface area contributed by atoms with Gasteiger partial charge in [-0.1, -0.05) is 81.5 Å². The molecule has 0 atom stereocenters. The molecule has 0 saturated heterocycles. The lowest BCUT2D eigenvalue weighted by molar-refractivity contribution is -0.121. The van der Waals surface area contributed by atoms with Crippen LogP contribution in [0.25, 0.3) is 0 Å². The van der Waals surface area contributed by atoms with Crippen LogP contribution in [0.1, 0.15) is 87.1 Å². The molecule has 0 radical (unpaired) electrons. The van der Waals surface area contributed by atoms with Gasteiger partial charge >= 0.3 is 5.97 Å². The maximum atomic E-state index is 12.5. The average molecular weight is 521 g/mol. The highest BCUT2D eigenvalue weighted by Crippen LogP contribution is 2.30. The second kappa shape index (κ2) is 16.2. The normalized spacial score (nSPS) is 11.0. The average Bonchev–Trinajstić information content (AvgIpc) is 2.83. The molecule has 2 rings (SSSR count). The van der Waals surface area contributed by atoms with Gasteiger partial charge in [-0.3, -0.25) is 4.79 Å². The van der Waals surface area contributed by atoms with E-state index in [1.54, 1.807) is 24.3 Å². The molecule has 0 fully saturated rings. The van der Waals surface area contributed by atoms with Gasteiger partial charge in [0.2, 0.25) is 5.91 Å². The van der Waals surface area contributed by atoms with Gasteiger partial charge in [0.1, 0.15) is 0 Å². The van der Waals surface area contributed by atoms with Gasteiger partial charge in [0.05, 0.1) is 23.9 Å². The zero-order valence-electron chi connectivity index (χ0n) is 20.4. The molecule has 0 aliphatic heterocycles. The predicted octanol–water partition coefficient (Wildman–Crippen LogP) is 7.59. The number of carbonyl (C=O) groups is 2. The fraction of sp³-hybridized carbons (Fsp3) is 0.444. The molecule has 190 valence electrons. The standard InChI is InChI=1S/C27H34Cl2N2O4/c1-3-4-5-6-7-8-9-10-11-12-26(32)31-30-19-20-13-16-24(25(17-20)34-2)35-27(33)22-15-14-21(28)18-23(22)29/h13-19H,3-12H2,1-2H3,(H,31,32)/b30-19-. The van der Waals surface area contributed by atoms with Crippen LogP contribution < -0.4 is 14.9 Å². The van der Waals surface area contributed by atoms with Gasteiger partial charge in [0.15, 0.2) is 11.5 Å². The second-order valence-corrected chi connectivity index (χ2v) is 9.14. The van der Waals surface area contributed by atoms with E-state index < -0.39 is 5.97 Å². The summed E-state index contributed by atoms with van der Waals surface area (Å²) in [5.41, 5.74) is 3.42. The third kappa shape index (κ3) is 10.7. The summed E-state index contributed by atoms with van der Waals surface area (Å²) in [7, 11) is 1.47. The number of benzene rings is 2. The van der Waals surface area contributed by atoms with Crippen molar-refractivity contribution in [3.63, 3.8) is 0 Å². The molecule has 0 aliphatic rings. The van der Waals surface area contributed by atoms with Crippen molar-refractivity contribution in [2.75, 3.05) is 7.11 Å². The molecule has 0 spiro atoms. The fourth-order valence-electron chi connectivity index (χ4n) is 3.49. The van der Waals surface area contributed by atoms with Crippen molar-refractivity contribution in [1.29, 1.82) is 0 Å². The van der Waals surface area contributed by atoms with Crippen LogP contribution in [0.15, 0.2) is 41.5 Å². The van der Waals surface area contributed by atoms with Gasteiger partial charge in [-0.25, -0.2) is 10.2 Å². The minimum atomic E-state index is -0.629. The van der Waals surface area contributed by atoms with Crippen LogP contribution in [0.2, 0.25) is 10.0 Å². The fourth-order valence-corrected chi connectivity index (χ4v) is 3.98. The maximum absolute atomic E-state index is 12.5. The van der Waals surface area contributed by atoms with Crippen molar-refractivity contribution in [1.82, 2.24) is 5.43 Å². The number of carbonyl (C=O) groups excluding carboxylic acids is 2. The zero-order valence-corrected chi connectivity index (χ0v) is 22.0. The molecule has 0 heterocycles. The third-order valence-electron chi connectivity index (χ3n) is 5.45. The van der Waals surface area contributed by atoms with Crippen molar-refractivity contribution in [3.05, 3.63) is 57.6 Å². The van der Waals surface area contributed by atoms with Crippen molar-refractivity contribution in [2.45, 2.75) is 71.1 Å². The highest BCUT2D eigenvalue weighted by atomic mass is 35.5. The van der Waals surface area contributed by atoms with E-state index in [4.69, 9.17) is 32.7 Å². The number of halogens is 2. The summed E-state index contributed by atoms with van der Waals surface area (Å²) in [5, 5.41) is 4.64. The van der Waals surface area contributed by atoms with Crippen LogP contribution in [0.4, 0.5) is 0 Å². The van der Waals surface area contributed by atoms with Crippen molar-refractivity contribution in [2.24, 2.45) is 5.10 Å². The van der Waals surface area contributed by atoms with E-state index in [1.165, 1.54) is 70.4 Å². The Labute approximate surface area is 218 Å². The second-order valence-electron chi connectivity index (χ2n) is 8.30. The molecule has 6 nitrogen and oxygen atoms in total. The van der Waals surface area contributed by atoms with Gasteiger partial charge in [0.25, 0.3) is 0 Å². The third-order valence-corrected chi connectivity index (χ3v) is 6.00. The molecule has 0 bridgehead atoms. The molecule has 8 heteroatoms. The molecule has 0 saturated carbocycles. The number of hydrogen-bond acceptors (Lipinski definition) is 5. The number of hydrazone groups is 1. The van der Waals surface area contributed by atoms with E-state index in [-0.39, 0.29) is 22.2 Å². The number of nitrogens with one attached hydrogen (secondary N) is 1. The zero-order chi connectivity index (χ0) is 25.5. The van der Waals surface area contributed by atoms with E-state index in [1.807, 2.05) is 0 Å². The Morgan fingerprint density at radius 1 is 0.914 bits per heavy atom. The van der Waals surface area contributed by atoms with Gasteiger partial charge in [0, 0.05) is 11.4 Å². The Bertz CT molecular complexity index is 995. The van der Waals surface area contributed by atoms with Gasteiger partial charge in [-0.15, -0.1) is 0 Å². The van der Waals surface area contributed by atoms with E-state index in [9.17, 15) is 9.59 Å². The minimum Gasteiger partial charge on any atom is -0.493 e. The van der Waals surface area contributed by atoms with Crippen LogP contribution in [0, 0.1) is 0 Å². The van der Waals surface area contributed by atoms with Crippen LogP contribution >= 0.6 is 23.2 Å². The first-order valence-corrected chi connectivity index (χ1v) is 12.9. The highest BCUT2D eigenvalue weighted by molar-refractivity contribution is 6.36. The first kappa shape index (κ1) is 28.7. The summed E-state index contributed by atoms with van der Waals surface area (Å²) >= 11 is 12.0. The predicted molar refractivity (Wildman–Crippen MR) is 142 cm³/mol. The summed E-state index contributed by atoms with van der Waals surface area (Å²) < 4.78 is 10.8. The van der Waals surface area contributed by atoms with Gasteiger partial charge in [-0.2, -0.15) is 5.10 Å². The van der Waals surface area contributed by atoms with Crippen LogP contribution in [0.3, 0.4) is 0 Å². The lowest BCUT2D eigenvalue weighted by Crippen LogP contribution is -2.16. The lowest BCUT2D eigenvalue weighted by atomic mass is 10.1. The number of rotatable bonds is 15. The Balaban J connectivity index is 1.77. The molecule has 1 N–H and O–H groups in total. The summed E-state index contributed by atoms with van der Waals surface area (Å²) in [5.74, 6) is -0.167. The van der Waals surface area contributed by atoms with Crippen molar-refractivity contribution in [3.8, 4) is 11.5 Å². The summed E-state index contributed by atoms with van der Waals surface area (Å²) in [6.07, 6.45) is 12.8. The number of amides is 1. The molecule has 0 aliphatic carbocycles. The van der Waals surface area contributed by atoms with Crippen LogP contribution in [-0.2, 0) is 4.79 Å². The SMILES string of the molecule is CCCCCCCCCCCC(=O)N/N=C\c1ccc(OC(=O)c2ccc(Cl)cc2Cl)c(OC)c1. The van der Waals surface area contributed by atoms with Crippen molar-refractivity contribution < 1.29 is 19.1 Å². The first-order valence-electron chi connectivity index (χ1n) is 12.1. The molecule has 1 amide bonds. The highest BCUT2D eigenvalue weighted by Gasteiger charge is 2.16. The van der Waals surface area contributed by atoms with E-state index >= 15 is 0 Å². The lowest BCUT2D eigenvalue weighted by Gasteiger charge is -2.10. The topological polar surface area (TPSA) is 77.0 Å². The number of hydrogen-bond donors (Lipinski definition) is 1. The summed E-state index contributed by atoms with van der Waals surface area (Å²) in [6, 6.07) is 9.47. The molecule has 2 aromatic carbocycles. The first-order chi connectivity index (χ1) is 16.9. The van der Waals surface area contributed by atoms with E-state index in [2.05, 4.69) is 17.5 Å². The van der Waals surface area contributed by atoms with E-state index in [0.717, 1.165) is 12.8 Å². The molecule has 2 aromatic rings. The quantitative estimate of drug-likeness (QED) is 0.0861. The Morgan fingerprint density at radius 3 is 2.26 bits per heavy atom. The smallest absolute Gasteiger partial charge is 0.345 e. The van der Waals surface area contributed by atoms with E-state index in [0.29, 0.717) is 22.8 Å². The Morgan fingerprint density at radius 2 is 1.60 bits per heavy atom. The summed E-state index contributed by atoms with van der Waals surface area (Å²) in [6.45, 7) is 2.22. The molecular formula is C27H34Cl2N2O4. The number of nitrogens with zero attached hydrogens (tertiary/aromatic N) is 1. The van der Waals surface area contributed by atoms with Gasteiger partial charge < -0.3 is 9.47 Å². The number of esters is 1. The minimum absolute atomic E-state index is 0.110. The molecular weight excluding hydrogens is 487 g/mol. The number of unbranched alkanes of at least 4 members (excludes halogenated alkanes) is 8. The van der Waals surface area contributed by atoms with Crippen LogP contribution in [0.5, 0.6) is 11.5 Å². The summed E-state index contributed by atoms with van der Waals surface area (Å²) in [4.78, 5) is 24.5. The molecule has 35 heavy (non-hydrogen) atoms.